The molecule has 2 saturated heterocycles. The summed E-state index contributed by atoms with van der Waals surface area (Å²) in [5, 5.41) is 0. The fourth-order valence-electron chi connectivity index (χ4n) is 3.49. The van der Waals surface area contributed by atoms with Crippen LogP contribution in [0.5, 0.6) is 0 Å². The average Bonchev–Trinajstić information content (AvgIpc) is 2.70. The quantitative estimate of drug-likeness (QED) is 0.694. The number of amides is 1. The van der Waals surface area contributed by atoms with Gasteiger partial charge in [0.2, 0.25) is 5.91 Å². The van der Waals surface area contributed by atoms with Crippen LogP contribution in [0.1, 0.15) is 18.4 Å². The van der Waals surface area contributed by atoms with Crippen molar-refractivity contribution in [3.8, 4) is 0 Å². The normalized spacial score (nSPS) is 19.4. The predicted octanol–water partition coefficient (Wildman–Crippen LogP) is 2.26. The summed E-state index contributed by atoms with van der Waals surface area (Å²) in [7, 11) is 0. The largest absolute Gasteiger partial charge is 0.381 e. The van der Waals surface area contributed by atoms with Crippen molar-refractivity contribution in [2.24, 2.45) is 0 Å². The van der Waals surface area contributed by atoms with E-state index in [1.807, 2.05) is 18.2 Å². The van der Waals surface area contributed by atoms with Crippen LogP contribution in [0, 0.1) is 0 Å². The van der Waals surface area contributed by atoms with Gasteiger partial charge in [-0.2, -0.15) is 0 Å². The second kappa shape index (κ2) is 10.9. The third kappa shape index (κ3) is 6.27. The summed E-state index contributed by atoms with van der Waals surface area (Å²) in [5.41, 5.74) is 1.27. The third-order valence-electron chi connectivity index (χ3n) is 5.05. The predicted molar refractivity (Wildman–Crippen MR) is 105 cm³/mol. The Hall–Kier alpha value is -1.08. The van der Waals surface area contributed by atoms with E-state index >= 15 is 0 Å². The van der Waals surface area contributed by atoms with Crippen LogP contribution >= 0.6 is 11.8 Å². The summed E-state index contributed by atoms with van der Waals surface area (Å²) in [5.74, 6) is 1.71. The molecule has 1 aromatic carbocycles. The molecule has 3 rings (SSSR count). The number of hydrogen-bond donors (Lipinski definition) is 0. The summed E-state index contributed by atoms with van der Waals surface area (Å²) in [6.45, 7) is 6.84. The first-order valence-electron chi connectivity index (χ1n) is 9.62. The zero-order valence-electron chi connectivity index (χ0n) is 15.5. The van der Waals surface area contributed by atoms with E-state index in [1.54, 1.807) is 11.8 Å². The molecule has 0 aromatic heterocycles. The first-order valence-corrected chi connectivity index (χ1v) is 10.8. The summed E-state index contributed by atoms with van der Waals surface area (Å²) in [6, 6.07) is 10.7. The molecule has 2 heterocycles. The molecule has 0 bridgehead atoms. The Labute approximate surface area is 161 Å². The Balaban J connectivity index is 1.50. The minimum Gasteiger partial charge on any atom is -0.381 e. The molecular weight excluding hydrogens is 348 g/mol. The fraction of sp³-hybridized carbons (Fsp3) is 0.650. The van der Waals surface area contributed by atoms with Crippen LogP contribution in [-0.4, -0.2) is 80.1 Å². The van der Waals surface area contributed by atoms with E-state index in [0.717, 1.165) is 71.2 Å². The van der Waals surface area contributed by atoms with Gasteiger partial charge in [0, 0.05) is 51.2 Å². The van der Waals surface area contributed by atoms with Crippen molar-refractivity contribution in [1.82, 2.24) is 9.80 Å². The Kier molecular flexibility index (Phi) is 8.26. The van der Waals surface area contributed by atoms with Crippen molar-refractivity contribution in [3.63, 3.8) is 0 Å². The number of carbonyl (C=O) groups is 1. The molecule has 2 aliphatic rings. The lowest BCUT2D eigenvalue weighted by molar-refractivity contribution is -0.133. The zero-order valence-corrected chi connectivity index (χ0v) is 16.3. The number of carbonyl (C=O) groups excluding carboxylic acids is 1. The molecule has 2 fully saturated rings. The Bertz CT molecular complexity index is 531. The molecule has 144 valence electrons. The maximum atomic E-state index is 12.9. The number of benzene rings is 1. The van der Waals surface area contributed by atoms with Crippen molar-refractivity contribution in [2.45, 2.75) is 24.6 Å². The van der Waals surface area contributed by atoms with Crippen LogP contribution in [-0.2, 0) is 20.0 Å². The van der Waals surface area contributed by atoms with E-state index < -0.39 is 0 Å². The second-order valence-electron chi connectivity index (χ2n) is 6.86. The molecule has 5 nitrogen and oxygen atoms in total. The van der Waals surface area contributed by atoms with Gasteiger partial charge < -0.3 is 14.4 Å². The molecule has 0 N–H and O–H groups in total. The third-order valence-corrected chi connectivity index (χ3v) is 6.04. The minimum absolute atomic E-state index is 0.270. The zero-order chi connectivity index (χ0) is 18.0. The first-order chi connectivity index (χ1) is 12.8. The molecule has 0 unspecified atom stereocenters. The van der Waals surface area contributed by atoms with Gasteiger partial charge in [-0.3, -0.25) is 9.69 Å². The van der Waals surface area contributed by atoms with Crippen LogP contribution in [0.4, 0.5) is 0 Å². The molecule has 1 aromatic rings. The van der Waals surface area contributed by atoms with Crippen LogP contribution in [0.3, 0.4) is 0 Å². The summed E-state index contributed by atoms with van der Waals surface area (Å²) in [6.07, 6.45) is 1.91. The monoisotopic (exact) mass is 378 g/mol. The van der Waals surface area contributed by atoms with Crippen molar-refractivity contribution < 1.29 is 14.3 Å². The van der Waals surface area contributed by atoms with E-state index in [-0.39, 0.29) is 5.91 Å². The molecular formula is C20H30N2O3S. The van der Waals surface area contributed by atoms with Gasteiger partial charge in [0.25, 0.3) is 0 Å². The SMILES string of the molecule is O=C(CSCc1ccccc1)N(CCN1CCOCC1)C1CCOCC1. The minimum atomic E-state index is 0.270. The van der Waals surface area contributed by atoms with E-state index in [0.29, 0.717) is 11.8 Å². The summed E-state index contributed by atoms with van der Waals surface area (Å²) in [4.78, 5) is 17.5. The Morgan fingerprint density at radius 3 is 2.50 bits per heavy atom. The summed E-state index contributed by atoms with van der Waals surface area (Å²) < 4.78 is 10.9. The van der Waals surface area contributed by atoms with Crippen molar-refractivity contribution in [1.29, 1.82) is 0 Å². The van der Waals surface area contributed by atoms with Gasteiger partial charge in [-0.25, -0.2) is 0 Å². The lowest BCUT2D eigenvalue weighted by atomic mass is 10.1. The highest BCUT2D eigenvalue weighted by molar-refractivity contribution is 7.99. The number of rotatable bonds is 8. The molecule has 0 spiro atoms. The van der Waals surface area contributed by atoms with E-state index in [1.165, 1.54) is 5.56 Å². The lowest BCUT2D eigenvalue weighted by Crippen LogP contribution is -2.49. The van der Waals surface area contributed by atoms with Gasteiger partial charge in [0.15, 0.2) is 0 Å². The van der Waals surface area contributed by atoms with Crippen molar-refractivity contribution in [3.05, 3.63) is 35.9 Å². The van der Waals surface area contributed by atoms with Gasteiger partial charge >= 0.3 is 0 Å². The smallest absolute Gasteiger partial charge is 0.232 e. The van der Waals surface area contributed by atoms with Gasteiger partial charge in [-0.1, -0.05) is 30.3 Å². The first kappa shape index (κ1) is 19.7. The molecule has 2 aliphatic heterocycles. The second-order valence-corrected chi connectivity index (χ2v) is 7.85. The number of ether oxygens (including phenoxy) is 2. The molecule has 0 atom stereocenters. The molecule has 1 amide bonds. The maximum absolute atomic E-state index is 12.9. The highest BCUT2D eigenvalue weighted by Gasteiger charge is 2.26. The molecule has 0 aliphatic carbocycles. The number of morpholine rings is 1. The topological polar surface area (TPSA) is 42.0 Å². The van der Waals surface area contributed by atoms with Crippen molar-refractivity contribution in [2.75, 3.05) is 58.4 Å². The molecule has 26 heavy (non-hydrogen) atoms. The number of nitrogens with zero attached hydrogens (tertiary/aromatic N) is 2. The van der Waals surface area contributed by atoms with Gasteiger partial charge in [-0.05, 0) is 18.4 Å². The van der Waals surface area contributed by atoms with Gasteiger partial charge in [-0.15, -0.1) is 11.8 Å². The van der Waals surface area contributed by atoms with Crippen LogP contribution in [0.2, 0.25) is 0 Å². The highest BCUT2D eigenvalue weighted by Crippen LogP contribution is 2.18. The Morgan fingerprint density at radius 2 is 1.77 bits per heavy atom. The van der Waals surface area contributed by atoms with Gasteiger partial charge in [0.1, 0.15) is 0 Å². The van der Waals surface area contributed by atoms with E-state index in [9.17, 15) is 4.79 Å². The maximum Gasteiger partial charge on any atom is 0.232 e. The van der Waals surface area contributed by atoms with Gasteiger partial charge in [0.05, 0.1) is 19.0 Å². The number of thioether (sulfide) groups is 1. The van der Waals surface area contributed by atoms with E-state index in [4.69, 9.17) is 9.47 Å². The molecule has 0 saturated carbocycles. The average molecular weight is 379 g/mol. The lowest BCUT2D eigenvalue weighted by Gasteiger charge is -2.36. The van der Waals surface area contributed by atoms with E-state index in [2.05, 4.69) is 21.9 Å². The highest BCUT2D eigenvalue weighted by atomic mass is 32.2. The Morgan fingerprint density at radius 1 is 1.08 bits per heavy atom. The van der Waals surface area contributed by atoms with Crippen LogP contribution in [0.25, 0.3) is 0 Å². The summed E-state index contributed by atoms with van der Waals surface area (Å²) >= 11 is 1.71. The van der Waals surface area contributed by atoms with Crippen molar-refractivity contribution >= 4 is 17.7 Å². The number of hydrogen-bond acceptors (Lipinski definition) is 5. The molecule has 0 radical (unpaired) electrons. The standard InChI is InChI=1S/C20H30N2O3S/c23-20(17-26-16-18-4-2-1-3-5-18)22(19-6-12-24-13-7-19)9-8-21-10-14-25-15-11-21/h1-5,19H,6-17H2. The molecule has 6 heteroatoms. The van der Waals surface area contributed by atoms with Crippen LogP contribution in [0.15, 0.2) is 30.3 Å². The van der Waals surface area contributed by atoms with Crippen LogP contribution < -0.4 is 0 Å². The fourth-order valence-corrected chi connectivity index (χ4v) is 4.37.